The highest BCUT2D eigenvalue weighted by atomic mass is 19.4. The van der Waals surface area contributed by atoms with Crippen LogP contribution in [0.1, 0.15) is 11.1 Å². The Hall–Kier alpha value is -2.12. The Labute approximate surface area is 115 Å². The molecule has 2 nitrogen and oxygen atoms in total. The first kappa shape index (κ1) is 15.3. The van der Waals surface area contributed by atoms with E-state index < -0.39 is 29.2 Å². The van der Waals surface area contributed by atoms with Crippen LogP contribution in [0.15, 0.2) is 30.3 Å². The van der Waals surface area contributed by atoms with E-state index in [0.29, 0.717) is 12.1 Å². The van der Waals surface area contributed by atoms with Crippen molar-refractivity contribution in [3.8, 4) is 11.6 Å². The van der Waals surface area contributed by atoms with Gasteiger partial charge in [-0.3, -0.25) is 0 Å². The van der Waals surface area contributed by atoms with Crippen LogP contribution in [0.3, 0.4) is 0 Å². The fraction of sp³-hybridized carbons (Fsp3) is 0.231. The molecule has 21 heavy (non-hydrogen) atoms. The van der Waals surface area contributed by atoms with Crippen molar-refractivity contribution in [3.63, 3.8) is 0 Å². The first-order valence-corrected chi connectivity index (χ1v) is 5.59. The molecule has 0 unspecified atom stereocenters. The molecule has 1 heterocycles. The minimum atomic E-state index is -4.97. The van der Waals surface area contributed by atoms with E-state index in [9.17, 15) is 26.3 Å². The molecule has 0 amide bonds. The summed E-state index contributed by atoms with van der Waals surface area (Å²) in [7, 11) is 1.48. The number of aryl methyl sites for hydroxylation is 1. The summed E-state index contributed by atoms with van der Waals surface area (Å²) < 4.78 is 82.5. The fourth-order valence-corrected chi connectivity index (χ4v) is 1.63. The van der Waals surface area contributed by atoms with Gasteiger partial charge in [-0.1, -0.05) is 0 Å². The van der Waals surface area contributed by atoms with E-state index in [0.717, 1.165) is 0 Å². The fourth-order valence-electron chi connectivity index (χ4n) is 1.63. The van der Waals surface area contributed by atoms with Crippen molar-refractivity contribution in [2.75, 3.05) is 0 Å². The maximum Gasteiger partial charge on any atom is 0.420 e. The van der Waals surface area contributed by atoms with Crippen molar-refractivity contribution in [1.29, 1.82) is 0 Å². The van der Waals surface area contributed by atoms with E-state index in [2.05, 4.69) is 6.20 Å². The monoisotopic (exact) mass is 308 g/mol. The SMILES string of the molecule is Cn1[c]ccc1Oc1ccc(C(F)(F)F)cc1C(F)(F)F. The number of hydrogen-bond donors (Lipinski definition) is 0. The number of hydrogen-bond acceptors (Lipinski definition) is 1. The molecule has 0 fully saturated rings. The molecule has 0 saturated heterocycles. The molecule has 1 aromatic carbocycles. The second kappa shape index (κ2) is 5.01. The molecule has 0 aliphatic carbocycles. The van der Waals surface area contributed by atoms with Crippen molar-refractivity contribution in [3.05, 3.63) is 47.7 Å². The lowest BCUT2D eigenvalue weighted by molar-refractivity contribution is -0.143. The Bertz CT molecular complexity index is 641. The third kappa shape index (κ3) is 3.32. The molecular formula is C13H8F6NO. The highest BCUT2D eigenvalue weighted by molar-refractivity contribution is 5.42. The maximum atomic E-state index is 12.9. The van der Waals surface area contributed by atoms with E-state index >= 15 is 0 Å². The zero-order valence-electron chi connectivity index (χ0n) is 10.5. The molecule has 0 atom stereocenters. The molecule has 8 heteroatoms. The second-order valence-corrected chi connectivity index (χ2v) is 4.17. The molecule has 0 aliphatic heterocycles. The highest BCUT2D eigenvalue weighted by Gasteiger charge is 2.39. The Kier molecular flexibility index (Phi) is 3.65. The molecule has 0 bridgehead atoms. The zero-order chi connectivity index (χ0) is 15.8. The number of alkyl halides is 6. The topological polar surface area (TPSA) is 14.2 Å². The molecule has 0 saturated carbocycles. The van der Waals surface area contributed by atoms with E-state index in [1.807, 2.05) is 0 Å². The van der Waals surface area contributed by atoms with Crippen molar-refractivity contribution in [2.45, 2.75) is 12.4 Å². The molecule has 2 aromatic rings. The van der Waals surface area contributed by atoms with Crippen molar-refractivity contribution in [2.24, 2.45) is 7.05 Å². The van der Waals surface area contributed by atoms with Gasteiger partial charge in [0.25, 0.3) is 0 Å². The average Bonchev–Trinajstić information content (AvgIpc) is 2.73. The summed E-state index contributed by atoms with van der Waals surface area (Å²) >= 11 is 0. The summed E-state index contributed by atoms with van der Waals surface area (Å²) in [4.78, 5) is 0. The molecule has 0 N–H and O–H groups in total. The van der Waals surface area contributed by atoms with Crippen LogP contribution in [0.5, 0.6) is 11.6 Å². The summed E-state index contributed by atoms with van der Waals surface area (Å²) in [6.45, 7) is 0. The van der Waals surface area contributed by atoms with E-state index in [4.69, 9.17) is 4.74 Å². The predicted octanol–water partition coefficient (Wildman–Crippen LogP) is 4.66. The van der Waals surface area contributed by atoms with Crippen molar-refractivity contribution >= 4 is 0 Å². The lowest BCUT2D eigenvalue weighted by Gasteiger charge is -2.16. The normalized spacial score (nSPS) is 12.5. The number of nitrogens with zero attached hydrogens (tertiary/aromatic N) is 1. The lowest BCUT2D eigenvalue weighted by atomic mass is 10.1. The predicted molar refractivity (Wildman–Crippen MR) is 60.8 cm³/mol. The van der Waals surface area contributed by atoms with Crippen LogP contribution in [0.2, 0.25) is 0 Å². The van der Waals surface area contributed by atoms with Gasteiger partial charge in [-0.05, 0) is 24.3 Å². The Morgan fingerprint density at radius 2 is 1.67 bits per heavy atom. The molecule has 113 valence electrons. The van der Waals surface area contributed by atoms with E-state index in [-0.39, 0.29) is 11.9 Å². The molecule has 1 aromatic heterocycles. The first-order chi connectivity index (χ1) is 9.59. The minimum Gasteiger partial charge on any atom is -0.440 e. The molecule has 0 aliphatic rings. The van der Waals surface area contributed by atoms with Gasteiger partial charge in [0, 0.05) is 13.1 Å². The summed E-state index contributed by atoms with van der Waals surface area (Å²) in [5.74, 6) is -0.675. The van der Waals surface area contributed by atoms with Gasteiger partial charge in [-0.15, -0.1) is 0 Å². The Balaban J connectivity index is 2.48. The largest absolute Gasteiger partial charge is 0.440 e. The van der Waals surface area contributed by atoms with Crippen LogP contribution in [0.4, 0.5) is 26.3 Å². The van der Waals surface area contributed by atoms with Crippen LogP contribution in [0.25, 0.3) is 0 Å². The van der Waals surface area contributed by atoms with E-state index in [1.54, 1.807) is 0 Å². The van der Waals surface area contributed by atoms with Crippen LogP contribution >= 0.6 is 0 Å². The van der Waals surface area contributed by atoms with Crippen molar-refractivity contribution in [1.82, 2.24) is 4.57 Å². The Morgan fingerprint density at radius 1 is 1.00 bits per heavy atom. The van der Waals surface area contributed by atoms with Gasteiger partial charge in [0.05, 0.1) is 17.3 Å². The number of halogens is 6. The quantitative estimate of drug-likeness (QED) is 0.736. The van der Waals surface area contributed by atoms with Gasteiger partial charge < -0.3 is 9.30 Å². The first-order valence-electron chi connectivity index (χ1n) is 5.59. The van der Waals surface area contributed by atoms with E-state index in [1.165, 1.54) is 23.7 Å². The highest BCUT2D eigenvalue weighted by Crippen LogP contribution is 2.41. The summed E-state index contributed by atoms with van der Waals surface area (Å²) in [5.41, 5.74) is -2.88. The number of ether oxygens (including phenoxy) is 1. The van der Waals surface area contributed by atoms with Gasteiger partial charge >= 0.3 is 12.4 Å². The maximum absolute atomic E-state index is 12.9. The number of rotatable bonds is 2. The molecule has 0 spiro atoms. The van der Waals surface area contributed by atoms with Gasteiger partial charge in [0.15, 0.2) is 5.88 Å². The summed E-state index contributed by atoms with van der Waals surface area (Å²) in [6.07, 6.45) is -7.22. The summed E-state index contributed by atoms with van der Waals surface area (Å²) in [6, 6.07) is 3.97. The van der Waals surface area contributed by atoms with Crippen LogP contribution < -0.4 is 4.74 Å². The Morgan fingerprint density at radius 3 is 2.14 bits per heavy atom. The third-order valence-corrected chi connectivity index (χ3v) is 2.65. The molecule has 2 rings (SSSR count). The van der Waals surface area contributed by atoms with Crippen LogP contribution in [-0.4, -0.2) is 4.57 Å². The smallest absolute Gasteiger partial charge is 0.420 e. The third-order valence-electron chi connectivity index (χ3n) is 2.65. The average molecular weight is 308 g/mol. The van der Waals surface area contributed by atoms with Crippen LogP contribution in [-0.2, 0) is 19.4 Å². The summed E-state index contributed by atoms with van der Waals surface area (Å²) in [5, 5.41) is 0. The van der Waals surface area contributed by atoms with Crippen molar-refractivity contribution < 1.29 is 31.1 Å². The lowest BCUT2D eigenvalue weighted by Crippen LogP contribution is -2.12. The van der Waals surface area contributed by atoms with Gasteiger partial charge in [-0.2, -0.15) is 26.3 Å². The minimum absolute atomic E-state index is 0.0280. The van der Waals surface area contributed by atoms with Crippen LogP contribution in [0, 0.1) is 6.20 Å². The molecular weight excluding hydrogens is 300 g/mol. The second-order valence-electron chi connectivity index (χ2n) is 4.17. The van der Waals surface area contributed by atoms with Gasteiger partial charge in [0.2, 0.25) is 0 Å². The standard InChI is InChI=1S/C13H8F6NO/c1-20-6-2-3-11(20)21-10-5-4-8(12(14,15)16)7-9(10)13(17,18)19/h2-5,7H,1H3. The van der Waals surface area contributed by atoms with Gasteiger partial charge in [0.1, 0.15) is 5.75 Å². The molecule has 1 radical (unpaired) electrons. The number of benzene rings is 1. The number of aromatic nitrogens is 1. The van der Waals surface area contributed by atoms with Gasteiger partial charge in [-0.25, -0.2) is 0 Å². The zero-order valence-corrected chi connectivity index (χ0v) is 10.5.